The second-order valence-electron chi connectivity index (χ2n) is 2.73. The monoisotopic (exact) mass is 234 g/mol. The van der Waals surface area contributed by atoms with E-state index in [1.54, 1.807) is 0 Å². The van der Waals surface area contributed by atoms with Crippen molar-refractivity contribution in [3.8, 4) is 0 Å². The van der Waals surface area contributed by atoms with Crippen molar-refractivity contribution in [2.45, 2.75) is 6.92 Å². The van der Waals surface area contributed by atoms with Crippen LogP contribution in [0.1, 0.15) is 5.69 Å². The lowest BCUT2D eigenvalue weighted by atomic mass is 10.3. The summed E-state index contributed by atoms with van der Waals surface area (Å²) in [5.74, 6) is 0.801. The van der Waals surface area contributed by atoms with Gasteiger partial charge >= 0.3 is 0 Å². The van der Waals surface area contributed by atoms with E-state index in [0.717, 1.165) is 12.9 Å². The molecule has 0 aliphatic carbocycles. The number of aromatic nitrogens is 1. The second-order valence-corrected chi connectivity index (χ2v) is 3.88. The first kappa shape index (κ1) is 13.8. The number of anilines is 1. The smallest absolute Gasteiger partial charge is 0.272 e. The van der Waals surface area contributed by atoms with E-state index in [9.17, 15) is 13.0 Å². The molecule has 1 aromatic rings. The van der Waals surface area contributed by atoms with E-state index in [1.807, 2.05) is 36.7 Å². The molecule has 6 nitrogen and oxygen atoms in total. The van der Waals surface area contributed by atoms with Crippen LogP contribution >= 0.6 is 0 Å². The third-order valence-corrected chi connectivity index (χ3v) is 2.13. The van der Waals surface area contributed by atoms with Crippen molar-refractivity contribution in [2.24, 2.45) is 7.05 Å². The van der Waals surface area contributed by atoms with Crippen LogP contribution in [0.2, 0.25) is 0 Å². The normalized spacial score (nSPS) is 10.4. The Morgan fingerprint density at radius 3 is 2.20 bits per heavy atom. The van der Waals surface area contributed by atoms with Crippen LogP contribution in [-0.4, -0.2) is 20.1 Å². The van der Waals surface area contributed by atoms with Gasteiger partial charge in [0.05, 0.1) is 14.2 Å². The lowest BCUT2D eigenvalue weighted by Crippen LogP contribution is -2.35. The molecule has 1 heterocycles. The number of nitrogens with two attached hydrogens (primary N) is 1. The summed E-state index contributed by atoms with van der Waals surface area (Å²) < 4.78 is 33.0. The highest BCUT2D eigenvalue weighted by Gasteiger charge is 1.98. The van der Waals surface area contributed by atoms with Gasteiger partial charge in [-0.05, 0) is 13.0 Å². The maximum Gasteiger partial charge on any atom is 0.272 e. The van der Waals surface area contributed by atoms with Crippen molar-refractivity contribution in [1.29, 1.82) is 0 Å². The molecule has 0 saturated carbocycles. The molecule has 0 unspecified atom stereocenters. The third kappa shape index (κ3) is 6.00. The highest BCUT2D eigenvalue weighted by atomic mass is 32.3. The minimum Gasteiger partial charge on any atom is -0.726 e. The van der Waals surface area contributed by atoms with Crippen LogP contribution in [0.3, 0.4) is 0 Å². The third-order valence-electron chi connectivity index (χ3n) is 1.72. The first-order valence-electron chi connectivity index (χ1n) is 4.00. The van der Waals surface area contributed by atoms with Crippen molar-refractivity contribution in [3.05, 3.63) is 23.9 Å². The summed E-state index contributed by atoms with van der Waals surface area (Å²) in [6, 6.07) is 5.86. The summed E-state index contributed by atoms with van der Waals surface area (Å²) in [6.07, 6.45) is 0. The van der Waals surface area contributed by atoms with E-state index < -0.39 is 10.4 Å². The summed E-state index contributed by atoms with van der Waals surface area (Å²) in [5, 5.41) is 0. The average molecular weight is 234 g/mol. The van der Waals surface area contributed by atoms with Gasteiger partial charge in [-0.1, -0.05) is 6.07 Å². The van der Waals surface area contributed by atoms with Crippen LogP contribution < -0.4 is 10.3 Å². The number of pyridine rings is 1. The average Bonchev–Trinajstić information content (AvgIpc) is 2.14. The number of hydrogen-bond donors (Lipinski definition) is 1. The molecule has 0 bridgehead atoms. The summed E-state index contributed by atoms with van der Waals surface area (Å²) in [4.78, 5) is 0. The number of rotatable bonds is 1. The van der Waals surface area contributed by atoms with Gasteiger partial charge in [-0.2, -0.15) is 0 Å². The molecule has 0 aliphatic rings. The predicted molar refractivity (Wildman–Crippen MR) is 53.5 cm³/mol. The largest absolute Gasteiger partial charge is 0.726 e. The Bertz CT molecular complexity index is 396. The van der Waals surface area contributed by atoms with Gasteiger partial charge in [0.2, 0.25) is 10.4 Å². The summed E-state index contributed by atoms with van der Waals surface area (Å²) in [5.41, 5.74) is 6.76. The Kier molecular flexibility index (Phi) is 5.20. The Balaban J connectivity index is 0.000000288. The SMILES string of the molecule is COS(=O)(=O)[O-].Cc1cccc(N)[n+]1C. The first-order valence-corrected chi connectivity index (χ1v) is 5.34. The van der Waals surface area contributed by atoms with Crippen molar-refractivity contribution in [2.75, 3.05) is 12.8 Å². The van der Waals surface area contributed by atoms with Gasteiger partial charge in [-0.3, -0.25) is 9.92 Å². The topological polar surface area (TPSA) is 96.3 Å². The zero-order valence-electron chi connectivity index (χ0n) is 8.80. The van der Waals surface area contributed by atoms with Crippen LogP contribution in [0.4, 0.5) is 5.82 Å². The Morgan fingerprint density at radius 2 is 1.93 bits per heavy atom. The molecule has 0 amide bonds. The van der Waals surface area contributed by atoms with Crippen LogP contribution in [0.25, 0.3) is 0 Å². The Labute approximate surface area is 89.3 Å². The molecule has 0 aliphatic heterocycles. The molecule has 1 rings (SSSR count). The molecule has 0 aromatic carbocycles. The first-order chi connectivity index (χ1) is 6.78. The fraction of sp³-hybridized carbons (Fsp3) is 0.375. The molecule has 0 radical (unpaired) electrons. The fourth-order valence-corrected chi connectivity index (χ4v) is 0.713. The fourth-order valence-electron chi connectivity index (χ4n) is 0.713. The lowest BCUT2D eigenvalue weighted by Gasteiger charge is -1.98. The molecular weight excluding hydrogens is 220 g/mol. The van der Waals surface area contributed by atoms with Gasteiger partial charge in [0, 0.05) is 6.07 Å². The van der Waals surface area contributed by atoms with Gasteiger partial charge in [-0.15, -0.1) is 0 Å². The summed E-state index contributed by atoms with van der Waals surface area (Å²) in [7, 11) is -1.66. The van der Waals surface area contributed by atoms with E-state index in [1.165, 1.54) is 5.69 Å². The molecular formula is C8H14N2O4S. The summed E-state index contributed by atoms with van der Waals surface area (Å²) in [6.45, 7) is 2.02. The van der Waals surface area contributed by atoms with E-state index in [4.69, 9.17) is 5.73 Å². The molecule has 7 heteroatoms. The van der Waals surface area contributed by atoms with Crippen LogP contribution in [-0.2, 0) is 21.6 Å². The molecule has 0 spiro atoms. The van der Waals surface area contributed by atoms with E-state index in [-0.39, 0.29) is 0 Å². The van der Waals surface area contributed by atoms with Gasteiger partial charge in [0.1, 0.15) is 5.69 Å². The van der Waals surface area contributed by atoms with Gasteiger partial charge < -0.3 is 4.55 Å². The Hall–Kier alpha value is -1.18. The van der Waals surface area contributed by atoms with Crippen LogP contribution in [0.15, 0.2) is 18.2 Å². The maximum absolute atomic E-state index is 9.22. The standard InChI is InChI=1S/C7H10N2.CH4O4S/c1-6-4-3-5-7(8)9(6)2;1-5-6(2,3)4/h3-5,8H,1-2H3;1H3,(H,2,3,4). The highest BCUT2D eigenvalue weighted by molar-refractivity contribution is 7.80. The highest BCUT2D eigenvalue weighted by Crippen LogP contribution is 1.93. The van der Waals surface area contributed by atoms with Crippen LogP contribution in [0, 0.1) is 6.92 Å². The zero-order chi connectivity index (χ0) is 12.1. The number of aryl methyl sites for hydroxylation is 1. The van der Waals surface area contributed by atoms with Gasteiger partial charge in [0.15, 0.2) is 0 Å². The van der Waals surface area contributed by atoms with Crippen LogP contribution in [0.5, 0.6) is 0 Å². The molecule has 0 saturated heterocycles. The molecule has 2 N–H and O–H groups in total. The van der Waals surface area contributed by atoms with E-state index in [0.29, 0.717) is 0 Å². The van der Waals surface area contributed by atoms with E-state index >= 15 is 0 Å². The van der Waals surface area contributed by atoms with Crippen molar-refractivity contribution in [3.63, 3.8) is 0 Å². The second kappa shape index (κ2) is 5.64. The minimum atomic E-state index is -4.41. The molecule has 86 valence electrons. The Morgan fingerprint density at radius 1 is 1.47 bits per heavy atom. The number of hydrogen-bond acceptors (Lipinski definition) is 5. The number of nitrogen functional groups attached to an aromatic ring is 1. The molecule has 0 fully saturated rings. The number of nitrogens with zero attached hydrogens (tertiary/aromatic N) is 1. The van der Waals surface area contributed by atoms with Gasteiger partial charge in [0.25, 0.3) is 5.82 Å². The minimum absolute atomic E-state index is 0.801. The van der Waals surface area contributed by atoms with E-state index in [2.05, 4.69) is 4.18 Å². The maximum atomic E-state index is 9.22. The molecule has 1 aromatic heterocycles. The quantitative estimate of drug-likeness (QED) is 0.401. The van der Waals surface area contributed by atoms with Crippen molar-refractivity contribution in [1.82, 2.24) is 0 Å². The lowest BCUT2D eigenvalue weighted by molar-refractivity contribution is -0.663. The zero-order valence-corrected chi connectivity index (χ0v) is 9.61. The summed E-state index contributed by atoms with van der Waals surface area (Å²) >= 11 is 0. The van der Waals surface area contributed by atoms with Crippen molar-refractivity contribution < 1.29 is 21.7 Å². The molecule has 0 atom stereocenters. The molecule has 15 heavy (non-hydrogen) atoms. The van der Waals surface area contributed by atoms with Crippen molar-refractivity contribution >= 4 is 16.2 Å². The van der Waals surface area contributed by atoms with Gasteiger partial charge in [-0.25, -0.2) is 13.0 Å². The predicted octanol–water partition coefficient (Wildman–Crippen LogP) is -0.505.